The summed E-state index contributed by atoms with van der Waals surface area (Å²) >= 11 is 0. The smallest absolute Gasteiger partial charge is 0.254 e. The maximum absolute atomic E-state index is 13.6. The molecule has 0 N–H and O–H groups in total. The van der Waals surface area contributed by atoms with Crippen molar-refractivity contribution in [3.8, 4) is 17.2 Å². The van der Waals surface area contributed by atoms with E-state index in [1.807, 2.05) is 42.5 Å². The number of methoxy groups -OCH3 is 1. The molecule has 0 atom stereocenters. The van der Waals surface area contributed by atoms with Gasteiger partial charge in [-0.05, 0) is 36.4 Å². The molecule has 1 fully saturated rings. The van der Waals surface area contributed by atoms with E-state index in [1.54, 1.807) is 12.0 Å². The molecular formula is C25H21F2N3O3. The summed E-state index contributed by atoms with van der Waals surface area (Å²) < 4.78 is 38.6. The molecule has 0 aliphatic carbocycles. The standard InChI is InChI=1S/C25H21F2N3O3/c1-32-19-6-7-20-23(15-19)33-22-5-3-2-4-21(22)28-24(20)29-8-10-30(11-9-29)25(31)16-12-17(26)14-18(27)13-16/h2-7,12-15H,8-11H2,1H3. The highest BCUT2D eigenvalue weighted by Crippen LogP contribution is 2.39. The fraction of sp³-hybridized carbons (Fsp3) is 0.200. The number of piperazine rings is 1. The Hall–Kier alpha value is -3.94. The lowest BCUT2D eigenvalue weighted by Gasteiger charge is -2.36. The number of amidine groups is 1. The Labute approximate surface area is 189 Å². The molecule has 1 amide bonds. The van der Waals surface area contributed by atoms with Gasteiger partial charge >= 0.3 is 0 Å². The number of hydrogen-bond donors (Lipinski definition) is 0. The van der Waals surface area contributed by atoms with Crippen LogP contribution in [0.3, 0.4) is 0 Å². The molecule has 3 aromatic rings. The van der Waals surface area contributed by atoms with Crippen LogP contribution in [0.1, 0.15) is 15.9 Å². The maximum Gasteiger partial charge on any atom is 0.254 e. The number of amides is 1. The van der Waals surface area contributed by atoms with Crippen LogP contribution in [0, 0.1) is 11.6 Å². The molecule has 168 valence electrons. The molecule has 6 nitrogen and oxygen atoms in total. The summed E-state index contributed by atoms with van der Waals surface area (Å²) in [5.41, 5.74) is 1.53. The highest BCUT2D eigenvalue weighted by molar-refractivity contribution is 6.04. The van der Waals surface area contributed by atoms with Crippen LogP contribution in [0.25, 0.3) is 0 Å². The van der Waals surface area contributed by atoms with Gasteiger partial charge in [-0.2, -0.15) is 0 Å². The largest absolute Gasteiger partial charge is 0.497 e. The minimum Gasteiger partial charge on any atom is -0.497 e. The van der Waals surface area contributed by atoms with Crippen molar-refractivity contribution in [2.45, 2.75) is 0 Å². The molecule has 0 saturated carbocycles. The van der Waals surface area contributed by atoms with Crippen molar-refractivity contribution in [2.75, 3.05) is 33.3 Å². The molecule has 0 aromatic heterocycles. The molecule has 8 heteroatoms. The predicted molar refractivity (Wildman–Crippen MR) is 120 cm³/mol. The van der Waals surface area contributed by atoms with Gasteiger partial charge in [0.2, 0.25) is 0 Å². The maximum atomic E-state index is 13.6. The lowest BCUT2D eigenvalue weighted by atomic mass is 10.1. The van der Waals surface area contributed by atoms with Gasteiger partial charge in [0.15, 0.2) is 5.75 Å². The van der Waals surface area contributed by atoms with E-state index in [4.69, 9.17) is 14.5 Å². The van der Waals surface area contributed by atoms with E-state index in [-0.39, 0.29) is 5.56 Å². The molecular weight excluding hydrogens is 428 g/mol. The van der Waals surface area contributed by atoms with E-state index in [1.165, 1.54) is 0 Å². The number of para-hydroxylation sites is 2. The Morgan fingerprint density at radius 3 is 2.39 bits per heavy atom. The zero-order valence-electron chi connectivity index (χ0n) is 17.9. The van der Waals surface area contributed by atoms with Crippen LogP contribution in [0.15, 0.2) is 65.7 Å². The number of hydrogen-bond acceptors (Lipinski definition) is 5. The van der Waals surface area contributed by atoms with Gasteiger partial charge in [0, 0.05) is 43.9 Å². The van der Waals surface area contributed by atoms with Crippen molar-refractivity contribution in [1.82, 2.24) is 9.80 Å². The number of carbonyl (C=O) groups excluding carboxylic acids is 1. The highest BCUT2D eigenvalue weighted by Gasteiger charge is 2.28. The van der Waals surface area contributed by atoms with Crippen LogP contribution < -0.4 is 9.47 Å². The topological polar surface area (TPSA) is 54.4 Å². The molecule has 0 radical (unpaired) electrons. The lowest BCUT2D eigenvalue weighted by Crippen LogP contribution is -2.50. The average Bonchev–Trinajstić information content (AvgIpc) is 2.99. The van der Waals surface area contributed by atoms with Crippen LogP contribution in [0.2, 0.25) is 0 Å². The normalized spacial score (nSPS) is 15.1. The molecule has 0 unspecified atom stereocenters. The van der Waals surface area contributed by atoms with Crippen molar-refractivity contribution >= 4 is 17.4 Å². The van der Waals surface area contributed by atoms with Crippen LogP contribution in [-0.2, 0) is 0 Å². The van der Waals surface area contributed by atoms with Crippen LogP contribution in [-0.4, -0.2) is 54.8 Å². The lowest BCUT2D eigenvalue weighted by molar-refractivity contribution is 0.0691. The van der Waals surface area contributed by atoms with Crippen molar-refractivity contribution in [1.29, 1.82) is 0 Å². The van der Waals surface area contributed by atoms with E-state index in [2.05, 4.69) is 4.90 Å². The van der Waals surface area contributed by atoms with Gasteiger partial charge in [0.1, 0.15) is 34.7 Å². The number of rotatable bonds is 2. The van der Waals surface area contributed by atoms with Crippen LogP contribution >= 0.6 is 0 Å². The molecule has 33 heavy (non-hydrogen) atoms. The molecule has 2 heterocycles. The zero-order chi connectivity index (χ0) is 22.9. The van der Waals surface area contributed by atoms with Crippen LogP contribution in [0.4, 0.5) is 14.5 Å². The first-order valence-electron chi connectivity index (χ1n) is 10.6. The zero-order valence-corrected chi connectivity index (χ0v) is 17.9. The summed E-state index contributed by atoms with van der Waals surface area (Å²) in [4.78, 5) is 21.4. The third-order valence-corrected chi connectivity index (χ3v) is 5.72. The van der Waals surface area contributed by atoms with Gasteiger partial charge in [-0.15, -0.1) is 0 Å². The fourth-order valence-electron chi connectivity index (χ4n) is 4.05. The van der Waals surface area contributed by atoms with Gasteiger partial charge in [-0.25, -0.2) is 13.8 Å². The second kappa shape index (κ2) is 8.54. The molecule has 2 aliphatic heterocycles. The Morgan fingerprint density at radius 2 is 1.67 bits per heavy atom. The minimum atomic E-state index is -0.768. The second-order valence-electron chi connectivity index (χ2n) is 7.80. The van der Waals surface area contributed by atoms with E-state index in [0.29, 0.717) is 49.1 Å². The Bertz CT molecular complexity index is 1230. The predicted octanol–water partition coefficient (Wildman–Crippen LogP) is 4.62. The summed E-state index contributed by atoms with van der Waals surface area (Å²) in [5.74, 6) is 0.753. The van der Waals surface area contributed by atoms with E-state index >= 15 is 0 Å². The number of benzene rings is 3. The highest BCUT2D eigenvalue weighted by atomic mass is 19.1. The molecule has 2 aliphatic rings. The molecule has 1 saturated heterocycles. The number of carbonyl (C=O) groups is 1. The van der Waals surface area contributed by atoms with Gasteiger partial charge in [0.25, 0.3) is 5.91 Å². The van der Waals surface area contributed by atoms with E-state index in [9.17, 15) is 13.6 Å². The first kappa shape index (κ1) is 20.9. The Balaban J connectivity index is 1.42. The number of nitrogens with zero attached hydrogens (tertiary/aromatic N) is 3. The second-order valence-corrected chi connectivity index (χ2v) is 7.80. The van der Waals surface area contributed by atoms with Crippen molar-refractivity contribution in [3.05, 3.63) is 83.4 Å². The molecule has 5 rings (SSSR count). The van der Waals surface area contributed by atoms with Gasteiger partial charge in [0.05, 0.1) is 12.7 Å². The number of aliphatic imine (C=N–C) groups is 1. The number of halogens is 2. The third kappa shape index (κ3) is 4.11. The van der Waals surface area contributed by atoms with Crippen LogP contribution in [0.5, 0.6) is 17.2 Å². The summed E-state index contributed by atoms with van der Waals surface area (Å²) in [5, 5.41) is 0. The summed E-state index contributed by atoms with van der Waals surface area (Å²) in [7, 11) is 1.60. The molecule has 0 spiro atoms. The Kier molecular flexibility index (Phi) is 5.42. The number of fused-ring (bicyclic) bond motifs is 2. The Morgan fingerprint density at radius 1 is 0.939 bits per heavy atom. The first-order valence-corrected chi connectivity index (χ1v) is 10.6. The molecule has 0 bridgehead atoms. The SMILES string of the molecule is COc1ccc2c(c1)Oc1ccccc1N=C2N1CCN(C(=O)c2cc(F)cc(F)c2)CC1. The average molecular weight is 449 g/mol. The van der Waals surface area contributed by atoms with Gasteiger partial charge in [-0.3, -0.25) is 4.79 Å². The van der Waals surface area contributed by atoms with E-state index < -0.39 is 17.5 Å². The van der Waals surface area contributed by atoms with Crippen molar-refractivity contribution in [2.24, 2.45) is 4.99 Å². The van der Waals surface area contributed by atoms with Gasteiger partial charge in [-0.1, -0.05) is 12.1 Å². The van der Waals surface area contributed by atoms with Gasteiger partial charge < -0.3 is 19.3 Å². The summed E-state index contributed by atoms with van der Waals surface area (Å²) in [6, 6.07) is 16.0. The quantitative estimate of drug-likeness (QED) is 0.573. The molecule has 3 aromatic carbocycles. The van der Waals surface area contributed by atoms with Crippen molar-refractivity contribution in [3.63, 3.8) is 0 Å². The summed E-state index contributed by atoms with van der Waals surface area (Å²) in [6.07, 6.45) is 0. The minimum absolute atomic E-state index is 0.00697. The monoisotopic (exact) mass is 449 g/mol. The fourth-order valence-corrected chi connectivity index (χ4v) is 4.05. The third-order valence-electron chi connectivity index (χ3n) is 5.72. The summed E-state index contributed by atoms with van der Waals surface area (Å²) in [6.45, 7) is 1.81. The first-order chi connectivity index (χ1) is 16.0. The van der Waals surface area contributed by atoms with Crippen molar-refractivity contribution < 1.29 is 23.0 Å². The van der Waals surface area contributed by atoms with E-state index in [0.717, 1.165) is 29.6 Å². The number of ether oxygens (including phenoxy) is 2.